The number of hydrogen-bond acceptors (Lipinski definition) is 8. The summed E-state index contributed by atoms with van der Waals surface area (Å²) in [4.78, 5) is 26.2. The minimum absolute atomic E-state index is 0. The van der Waals surface area contributed by atoms with Crippen molar-refractivity contribution < 1.29 is 42.6 Å². The van der Waals surface area contributed by atoms with Crippen LogP contribution in [0.3, 0.4) is 0 Å². The SMILES string of the molecule is Cc1c(C)c2cccnc2c2ncccc12.O=C([O-])CO.O=[N+]([O-])[O-].[Cu+2].[OH3+]. The van der Waals surface area contributed by atoms with Crippen LogP contribution in [0.1, 0.15) is 11.1 Å². The predicted octanol–water partition coefficient (Wildman–Crippen LogP) is -0.0351. The molecule has 0 aliphatic rings. The van der Waals surface area contributed by atoms with Gasteiger partial charge in [-0.2, -0.15) is 0 Å². The average molecular weight is 428 g/mol. The summed E-state index contributed by atoms with van der Waals surface area (Å²) in [5, 5.41) is 33.6. The second kappa shape index (κ2) is 12.5. The number of carboxylic acid groups (broad SMARTS) is 1. The van der Waals surface area contributed by atoms with Crippen molar-refractivity contribution in [2.24, 2.45) is 0 Å². The number of carbonyl (C=O) groups excluding carboxylic acids is 1. The molecule has 0 saturated carbocycles. The smallest absolute Gasteiger partial charge is 0.548 e. The normalized spacial score (nSPS) is 8.85. The number of nitrogens with zero attached hydrogens (tertiary/aromatic N) is 3. The van der Waals surface area contributed by atoms with Gasteiger partial charge in [-0.3, -0.25) is 9.97 Å². The molecular formula is C16H18CuN3O7+. The molecule has 0 bridgehead atoms. The van der Waals surface area contributed by atoms with Gasteiger partial charge >= 0.3 is 17.1 Å². The van der Waals surface area contributed by atoms with Crippen LogP contribution in [0.5, 0.6) is 0 Å². The van der Waals surface area contributed by atoms with Gasteiger partial charge in [-0.15, -0.1) is 0 Å². The zero-order chi connectivity index (χ0) is 19.0. The first-order valence-electron chi connectivity index (χ1n) is 7.00. The van der Waals surface area contributed by atoms with E-state index in [1.54, 1.807) is 0 Å². The number of benzene rings is 1. The fourth-order valence-electron chi connectivity index (χ4n) is 2.20. The van der Waals surface area contributed by atoms with E-state index in [-0.39, 0.29) is 22.5 Å². The van der Waals surface area contributed by atoms with Crippen LogP contribution in [0.2, 0.25) is 0 Å². The molecule has 149 valence electrons. The third-order valence-corrected chi connectivity index (χ3v) is 3.34. The molecular weight excluding hydrogens is 410 g/mol. The Morgan fingerprint density at radius 1 is 1.04 bits per heavy atom. The van der Waals surface area contributed by atoms with E-state index in [1.807, 2.05) is 24.5 Å². The summed E-state index contributed by atoms with van der Waals surface area (Å²) in [6, 6.07) is 8.17. The van der Waals surface area contributed by atoms with Crippen LogP contribution in [-0.2, 0) is 27.3 Å². The Morgan fingerprint density at radius 2 is 1.33 bits per heavy atom. The van der Waals surface area contributed by atoms with Crippen LogP contribution in [0.25, 0.3) is 21.8 Å². The van der Waals surface area contributed by atoms with Gasteiger partial charge in [-0.25, -0.2) is 0 Å². The minimum atomic E-state index is -1.75. The zero-order valence-electron chi connectivity index (χ0n) is 14.4. The number of rotatable bonds is 1. The number of carbonyl (C=O) groups is 1. The molecule has 27 heavy (non-hydrogen) atoms. The third-order valence-electron chi connectivity index (χ3n) is 3.34. The topological polar surface area (TPSA) is 185 Å². The van der Waals surface area contributed by atoms with Gasteiger partial charge in [-0.1, -0.05) is 12.1 Å². The van der Waals surface area contributed by atoms with Crippen LogP contribution < -0.4 is 5.11 Å². The van der Waals surface area contributed by atoms with E-state index < -0.39 is 17.7 Å². The molecule has 3 aromatic rings. The maximum Gasteiger partial charge on any atom is 2.00 e. The van der Waals surface area contributed by atoms with E-state index in [9.17, 15) is 0 Å². The van der Waals surface area contributed by atoms with Gasteiger partial charge in [0.15, 0.2) is 0 Å². The van der Waals surface area contributed by atoms with E-state index in [2.05, 4.69) is 35.9 Å². The van der Waals surface area contributed by atoms with E-state index in [4.69, 9.17) is 30.3 Å². The maximum absolute atomic E-state index is 9.01. The van der Waals surface area contributed by atoms with Crippen molar-refractivity contribution >= 4 is 27.8 Å². The predicted molar refractivity (Wildman–Crippen MR) is 93.8 cm³/mol. The van der Waals surface area contributed by atoms with Crippen LogP contribution in [0.4, 0.5) is 0 Å². The first-order chi connectivity index (χ1) is 11.8. The molecule has 0 atom stereocenters. The fourth-order valence-corrected chi connectivity index (χ4v) is 2.20. The maximum atomic E-state index is 9.01. The van der Waals surface area contributed by atoms with Gasteiger partial charge in [0, 0.05) is 23.2 Å². The molecule has 0 fully saturated rings. The van der Waals surface area contributed by atoms with Gasteiger partial charge < -0.3 is 35.8 Å². The van der Waals surface area contributed by atoms with Crippen molar-refractivity contribution in [2.45, 2.75) is 13.8 Å². The number of pyridine rings is 2. The van der Waals surface area contributed by atoms with Crippen LogP contribution in [0, 0.1) is 29.2 Å². The molecule has 4 N–H and O–H groups in total. The summed E-state index contributed by atoms with van der Waals surface area (Å²) in [5.41, 5.74) is 4.59. The van der Waals surface area contributed by atoms with Crippen LogP contribution in [0.15, 0.2) is 36.7 Å². The molecule has 2 aromatic heterocycles. The monoisotopic (exact) mass is 427 g/mol. The first-order valence-corrected chi connectivity index (χ1v) is 7.00. The molecule has 0 aliphatic carbocycles. The molecule has 0 saturated heterocycles. The number of fused-ring (bicyclic) bond motifs is 3. The summed E-state index contributed by atoms with van der Waals surface area (Å²) >= 11 is 0. The quantitative estimate of drug-likeness (QED) is 0.184. The van der Waals surface area contributed by atoms with Crippen molar-refractivity contribution in [3.8, 4) is 0 Å². The van der Waals surface area contributed by atoms with Crippen molar-refractivity contribution in [2.75, 3.05) is 6.61 Å². The number of aliphatic hydroxyl groups excluding tert-OH is 1. The number of aliphatic hydroxyl groups is 1. The van der Waals surface area contributed by atoms with Gasteiger partial charge in [0.1, 0.15) is 0 Å². The fraction of sp³-hybridized carbons (Fsp3) is 0.188. The molecule has 0 amide bonds. The molecule has 2 heterocycles. The number of aliphatic carboxylic acids is 1. The Labute approximate surface area is 164 Å². The van der Waals surface area contributed by atoms with Crippen LogP contribution >= 0.6 is 0 Å². The molecule has 3 rings (SSSR count). The largest absolute Gasteiger partial charge is 2.00 e. The Hall–Kier alpha value is -2.85. The van der Waals surface area contributed by atoms with E-state index >= 15 is 0 Å². The number of aromatic nitrogens is 2. The zero-order valence-corrected chi connectivity index (χ0v) is 15.3. The Kier molecular flexibility index (Phi) is 12.2. The first kappa shape index (κ1) is 26.4. The number of carboxylic acids is 1. The average Bonchev–Trinajstić information content (AvgIpc) is 2.60. The van der Waals surface area contributed by atoms with Crippen molar-refractivity contribution in [3.63, 3.8) is 0 Å². The van der Waals surface area contributed by atoms with Gasteiger partial charge in [0.2, 0.25) is 0 Å². The molecule has 0 unspecified atom stereocenters. The van der Waals surface area contributed by atoms with Gasteiger partial charge in [0.25, 0.3) is 0 Å². The summed E-state index contributed by atoms with van der Waals surface area (Å²) in [5.74, 6) is -1.44. The van der Waals surface area contributed by atoms with Gasteiger partial charge in [0.05, 0.1) is 28.7 Å². The van der Waals surface area contributed by atoms with Crippen molar-refractivity contribution in [3.05, 3.63) is 63.1 Å². The van der Waals surface area contributed by atoms with Gasteiger partial charge in [-0.05, 0) is 37.1 Å². The molecule has 0 spiro atoms. The Morgan fingerprint density at radius 3 is 1.59 bits per heavy atom. The summed E-state index contributed by atoms with van der Waals surface area (Å²) < 4.78 is 0. The molecule has 1 aromatic carbocycles. The minimum Gasteiger partial charge on any atom is -0.548 e. The summed E-state index contributed by atoms with van der Waals surface area (Å²) in [6.45, 7) is 3.40. The third kappa shape index (κ3) is 7.50. The summed E-state index contributed by atoms with van der Waals surface area (Å²) in [6.07, 6.45) is 3.65. The Bertz CT molecular complexity index is 841. The molecule has 0 aliphatic heterocycles. The number of aryl methyl sites for hydroxylation is 2. The second-order valence-electron chi connectivity index (χ2n) is 4.80. The van der Waals surface area contributed by atoms with Crippen molar-refractivity contribution in [1.82, 2.24) is 9.97 Å². The molecule has 1 radical (unpaired) electrons. The molecule has 11 heteroatoms. The standard InChI is InChI=1S/C14H12N2.C2H4O3.Cu.NO3.H2O/c1-9-10(2)12-6-4-8-16-14(12)13-11(9)5-3-7-15-13;3-1-2(4)5;;2-1(3)4;/h3-8H,1-2H3;3H,1H2,(H,4,5);;;1H2/q;;+2;-1;. The Balaban J connectivity index is 0. The van der Waals surface area contributed by atoms with E-state index in [1.165, 1.54) is 21.9 Å². The summed E-state index contributed by atoms with van der Waals surface area (Å²) in [7, 11) is 0. The van der Waals surface area contributed by atoms with E-state index in [0.717, 1.165) is 11.0 Å². The number of hydrogen-bond donors (Lipinski definition) is 1. The van der Waals surface area contributed by atoms with E-state index in [0.29, 0.717) is 0 Å². The van der Waals surface area contributed by atoms with Crippen LogP contribution in [-0.4, -0.2) is 32.7 Å². The molecule has 10 nitrogen and oxygen atoms in total. The second-order valence-corrected chi connectivity index (χ2v) is 4.80. The van der Waals surface area contributed by atoms with Crippen molar-refractivity contribution in [1.29, 1.82) is 0 Å².